The molecule has 2 aromatic carbocycles. The van der Waals surface area contributed by atoms with Gasteiger partial charge >= 0.3 is 0 Å². The molecule has 170 valence electrons. The third-order valence-electron chi connectivity index (χ3n) is 6.55. The number of piperidine rings is 2. The van der Waals surface area contributed by atoms with E-state index < -0.39 is 0 Å². The number of nitrogens with one attached hydrogen (secondary N) is 1. The molecule has 6 nitrogen and oxygen atoms in total. The van der Waals surface area contributed by atoms with Crippen LogP contribution in [0, 0.1) is 23.2 Å². The molecule has 2 aliphatic heterocycles. The zero-order valence-corrected chi connectivity index (χ0v) is 19.0. The van der Waals surface area contributed by atoms with E-state index in [1.807, 2.05) is 42.5 Å². The molecular formula is C26H33N3O3. The molecule has 0 aromatic heterocycles. The molecule has 2 heterocycles. The van der Waals surface area contributed by atoms with Crippen LogP contribution < -0.4 is 19.5 Å². The van der Waals surface area contributed by atoms with Crippen LogP contribution in [-0.2, 0) is 0 Å². The minimum atomic E-state index is -0.0909. The molecule has 2 bridgehead atoms. The molecule has 3 atom stereocenters. The summed E-state index contributed by atoms with van der Waals surface area (Å²) >= 11 is 0. The maximum absolute atomic E-state index is 9.15. The number of benzene rings is 2. The summed E-state index contributed by atoms with van der Waals surface area (Å²) in [5, 5.41) is 12.7. The zero-order valence-electron chi connectivity index (χ0n) is 19.0. The largest absolute Gasteiger partial charge is 0.493 e. The monoisotopic (exact) mass is 435 g/mol. The van der Waals surface area contributed by atoms with Gasteiger partial charge in [0.05, 0.1) is 25.9 Å². The highest BCUT2D eigenvalue weighted by Crippen LogP contribution is 2.34. The Morgan fingerprint density at radius 3 is 2.41 bits per heavy atom. The van der Waals surface area contributed by atoms with Crippen molar-refractivity contribution in [2.45, 2.75) is 25.4 Å². The summed E-state index contributed by atoms with van der Waals surface area (Å²) in [5.74, 6) is 3.66. The van der Waals surface area contributed by atoms with Crippen molar-refractivity contribution in [1.82, 2.24) is 10.2 Å². The molecule has 2 aromatic rings. The van der Waals surface area contributed by atoms with Crippen LogP contribution in [0.1, 0.15) is 36.5 Å². The first-order valence-electron chi connectivity index (χ1n) is 11.5. The summed E-state index contributed by atoms with van der Waals surface area (Å²) in [6.45, 7) is 5.80. The fourth-order valence-electron chi connectivity index (χ4n) is 5.02. The quantitative estimate of drug-likeness (QED) is 0.642. The van der Waals surface area contributed by atoms with Gasteiger partial charge in [-0.1, -0.05) is 12.1 Å². The van der Waals surface area contributed by atoms with Gasteiger partial charge in [-0.25, -0.2) is 0 Å². The molecule has 4 rings (SSSR count). The summed E-state index contributed by atoms with van der Waals surface area (Å²) in [7, 11) is 3.26. The van der Waals surface area contributed by atoms with Crippen molar-refractivity contribution >= 4 is 0 Å². The second kappa shape index (κ2) is 10.7. The van der Waals surface area contributed by atoms with E-state index in [0.29, 0.717) is 17.1 Å². The fraction of sp³-hybridized carbons (Fsp3) is 0.500. The molecule has 6 heteroatoms. The summed E-state index contributed by atoms with van der Waals surface area (Å²) in [6, 6.07) is 15.6. The lowest BCUT2D eigenvalue weighted by Gasteiger charge is -2.41. The molecule has 1 N–H and O–H groups in total. The Kier molecular flexibility index (Phi) is 7.51. The Morgan fingerprint density at radius 2 is 1.75 bits per heavy atom. The van der Waals surface area contributed by atoms with E-state index in [2.05, 4.69) is 16.3 Å². The molecule has 2 aliphatic rings. The Labute approximate surface area is 191 Å². The predicted molar refractivity (Wildman–Crippen MR) is 124 cm³/mol. The summed E-state index contributed by atoms with van der Waals surface area (Å²) < 4.78 is 17.2. The Bertz CT molecular complexity index is 913. The first kappa shape index (κ1) is 22.4. The van der Waals surface area contributed by atoms with Gasteiger partial charge in [-0.2, -0.15) is 5.26 Å². The van der Waals surface area contributed by atoms with E-state index in [0.717, 1.165) is 55.6 Å². The fourth-order valence-corrected chi connectivity index (χ4v) is 5.02. The first-order chi connectivity index (χ1) is 15.7. The van der Waals surface area contributed by atoms with Crippen molar-refractivity contribution in [3.63, 3.8) is 0 Å². The number of nitriles is 1. The van der Waals surface area contributed by atoms with Gasteiger partial charge in [0.1, 0.15) is 11.9 Å². The van der Waals surface area contributed by atoms with Gasteiger partial charge in [-0.3, -0.25) is 0 Å². The lowest BCUT2D eigenvalue weighted by Crippen LogP contribution is -2.51. The smallest absolute Gasteiger partial charge is 0.164 e. The number of ether oxygens (including phenoxy) is 3. The lowest BCUT2D eigenvalue weighted by atomic mass is 9.86. The summed E-state index contributed by atoms with van der Waals surface area (Å²) in [4.78, 5) is 2.63. The highest BCUT2D eigenvalue weighted by atomic mass is 16.5. The van der Waals surface area contributed by atoms with Gasteiger partial charge in [0.15, 0.2) is 11.5 Å². The van der Waals surface area contributed by atoms with E-state index in [9.17, 15) is 0 Å². The SMILES string of the molecule is COc1ccc(OC(CCCN2CC3CNCC(C3)C2)c2ccc(C#N)cc2)cc1OC. The second-order valence-electron chi connectivity index (χ2n) is 8.88. The topological polar surface area (TPSA) is 66.8 Å². The van der Waals surface area contributed by atoms with Crippen LogP contribution in [0.25, 0.3) is 0 Å². The second-order valence-corrected chi connectivity index (χ2v) is 8.88. The molecular weight excluding hydrogens is 402 g/mol. The van der Waals surface area contributed by atoms with Gasteiger partial charge < -0.3 is 24.4 Å². The van der Waals surface area contributed by atoms with Crippen LogP contribution in [0.15, 0.2) is 42.5 Å². The lowest BCUT2D eigenvalue weighted by molar-refractivity contribution is 0.0911. The minimum Gasteiger partial charge on any atom is -0.493 e. The van der Waals surface area contributed by atoms with Crippen LogP contribution in [0.4, 0.5) is 0 Å². The number of hydrogen-bond acceptors (Lipinski definition) is 6. The molecule has 0 aliphatic carbocycles. The molecule has 2 fully saturated rings. The van der Waals surface area contributed by atoms with Crippen molar-refractivity contribution in [2.75, 3.05) is 46.9 Å². The average Bonchev–Trinajstić information content (AvgIpc) is 2.83. The van der Waals surface area contributed by atoms with Crippen molar-refractivity contribution in [2.24, 2.45) is 11.8 Å². The van der Waals surface area contributed by atoms with Gasteiger partial charge in [-0.05, 0) is 80.6 Å². The van der Waals surface area contributed by atoms with Gasteiger partial charge in [-0.15, -0.1) is 0 Å². The van der Waals surface area contributed by atoms with E-state index in [-0.39, 0.29) is 6.10 Å². The van der Waals surface area contributed by atoms with E-state index in [1.54, 1.807) is 14.2 Å². The number of nitrogens with zero attached hydrogens (tertiary/aromatic N) is 2. The molecule has 0 radical (unpaired) electrons. The van der Waals surface area contributed by atoms with Crippen molar-refractivity contribution < 1.29 is 14.2 Å². The molecule has 0 amide bonds. The van der Waals surface area contributed by atoms with E-state index >= 15 is 0 Å². The normalized spacial score (nSPS) is 21.4. The number of hydrogen-bond donors (Lipinski definition) is 1. The molecule has 3 unspecified atom stereocenters. The third-order valence-corrected chi connectivity index (χ3v) is 6.55. The van der Waals surface area contributed by atoms with Crippen molar-refractivity contribution in [1.29, 1.82) is 5.26 Å². The van der Waals surface area contributed by atoms with Gasteiger partial charge in [0.25, 0.3) is 0 Å². The maximum atomic E-state index is 9.15. The van der Waals surface area contributed by atoms with Gasteiger partial charge in [0, 0.05) is 19.2 Å². The average molecular weight is 436 g/mol. The van der Waals surface area contributed by atoms with Crippen LogP contribution in [-0.4, -0.2) is 51.8 Å². The van der Waals surface area contributed by atoms with E-state index in [4.69, 9.17) is 19.5 Å². The molecule has 0 saturated carbocycles. The third kappa shape index (κ3) is 5.53. The number of likely N-dealkylation sites (tertiary alicyclic amines) is 1. The first-order valence-corrected chi connectivity index (χ1v) is 11.5. The van der Waals surface area contributed by atoms with Crippen molar-refractivity contribution in [3.8, 4) is 23.3 Å². The van der Waals surface area contributed by atoms with Crippen molar-refractivity contribution in [3.05, 3.63) is 53.6 Å². The molecule has 2 saturated heterocycles. The number of methoxy groups -OCH3 is 2. The summed E-state index contributed by atoms with van der Waals surface area (Å²) in [6.07, 6.45) is 3.25. The Morgan fingerprint density at radius 1 is 1.03 bits per heavy atom. The Balaban J connectivity index is 1.43. The highest BCUT2D eigenvalue weighted by molar-refractivity contribution is 5.45. The number of rotatable bonds is 9. The Hall–Kier alpha value is -2.75. The minimum absolute atomic E-state index is 0.0909. The maximum Gasteiger partial charge on any atom is 0.164 e. The van der Waals surface area contributed by atoms with Gasteiger partial charge in [0.2, 0.25) is 0 Å². The molecule has 32 heavy (non-hydrogen) atoms. The highest BCUT2D eigenvalue weighted by Gasteiger charge is 2.30. The molecule has 0 spiro atoms. The van der Waals surface area contributed by atoms with Crippen LogP contribution in [0.3, 0.4) is 0 Å². The summed E-state index contributed by atoms with van der Waals surface area (Å²) in [5.41, 5.74) is 1.74. The van der Waals surface area contributed by atoms with Crippen LogP contribution >= 0.6 is 0 Å². The van der Waals surface area contributed by atoms with E-state index in [1.165, 1.54) is 19.5 Å². The standard InChI is InChI=1S/C26H33N3O3/c1-30-25-10-9-23(13-26(25)31-2)32-24(22-7-5-19(14-27)6-8-22)4-3-11-29-17-20-12-21(18-29)16-28-15-20/h5-10,13,20-21,24,28H,3-4,11-12,15-18H2,1-2H3. The predicted octanol–water partition coefficient (Wildman–Crippen LogP) is 4.02. The van der Waals surface area contributed by atoms with Crippen LogP contribution in [0.2, 0.25) is 0 Å². The van der Waals surface area contributed by atoms with Crippen LogP contribution in [0.5, 0.6) is 17.2 Å². The number of fused-ring (bicyclic) bond motifs is 2. The zero-order chi connectivity index (χ0) is 22.3.